The molecule has 0 bridgehead atoms. The van der Waals surface area contributed by atoms with E-state index in [2.05, 4.69) is 15.3 Å². The molecule has 0 spiro atoms. The summed E-state index contributed by atoms with van der Waals surface area (Å²) in [4.78, 5) is 67.9. The maximum Gasteiger partial charge on any atom is 0.414 e. The Balaban J connectivity index is 1.34. The highest BCUT2D eigenvalue weighted by atomic mass is 16.6. The second-order valence-corrected chi connectivity index (χ2v) is 15.0. The average Bonchev–Trinajstić information content (AvgIpc) is 3.27. The number of rotatable bonds is 14. The molecule has 0 saturated carbocycles. The van der Waals surface area contributed by atoms with Crippen LogP contribution in [0.4, 0.5) is 16.4 Å². The molecule has 5 aromatic rings. The van der Waals surface area contributed by atoms with Gasteiger partial charge in [-0.15, -0.1) is 0 Å². The van der Waals surface area contributed by atoms with Gasteiger partial charge in [0.2, 0.25) is 11.8 Å². The number of hydrogen-bond donors (Lipinski definition) is 1. The minimum atomic E-state index is -1.06. The van der Waals surface area contributed by atoms with Crippen molar-refractivity contribution in [3.63, 3.8) is 0 Å². The first kappa shape index (κ1) is 41.1. The first-order chi connectivity index (χ1) is 27.9. The average molecular weight is 784 g/mol. The number of hydrogen-bond acceptors (Lipinski definition) is 9. The molecular weight excluding hydrogens is 735 g/mol. The van der Waals surface area contributed by atoms with Crippen LogP contribution in [0.1, 0.15) is 90.9 Å². The molecule has 2 heterocycles. The number of benzene rings is 4. The number of aromatic nitrogens is 2. The second kappa shape index (κ2) is 18.6. The number of esters is 1. The molecule has 0 radical (unpaired) electrons. The Hall–Kier alpha value is -6.56. The van der Waals surface area contributed by atoms with E-state index in [0.29, 0.717) is 46.8 Å². The maximum atomic E-state index is 15.3. The van der Waals surface area contributed by atoms with E-state index in [1.165, 1.54) is 0 Å². The molecule has 2 unspecified atom stereocenters. The minimum Gasteiger partial charge on any atom is -0.478 e. The molecule has 0 fully saturated rings. The lowest BCUT2D eigenvalue weighted by Gasteiger charge is -2.37. The van der Waals surface area contributed by atoms with Crippen LogP contribution >= 0.6 is 0 Å². The van der Waals surface area contributed by atoms with Gasteiger partial charge in [0.1, 0.15) is 11.6 Å². The van der Waals surface area contributed by atoms with Gasteiger partial charge in [-0.1, -0.05) is 97.1 Å². The third-order valence-electron chi connectivity index (χ3n) is 9.38. The SMILES string of the molecule is CCOC(=O)CC(c1ccccc1)N1C(=O)c2cc(CCCOc3cc(C)nc(NC(=O)OC(C)(C)C)n3)ccc2N(Cc2ccccc2)C(=O)C1c1ccccc1. The summed E-state index contributed by atoms with van der Waals surface area (Å²) in [6.45, 7) is 9.50. The summed E-state index contributed by atoms with van der Waals surface area (Å²) >= 11 is 0. The Labute approximate surface area is 339 Å². The van der Waals surface area contributed by atoms with Crippen LogP contribution < -0.4 is 15.0 Å². The van der Waals surface area contributed by atoms with E-state index in [0.717, 1.165) is 11.1 Å². The van der Waals surface area contributed by atoms with Gasteiger partial charge in [-0.2, -0.15) is 4.98 Å². The Morgan fingerprint density at radius 3 is 2.19 bits per heavy atom. The number of fused-ring (bicyclic) bond motifs is 1. The summed E-state index contributed by atoms with van der Waals surface area (Å²) in [7, 11) is 0. The largest absolute Gasteiger partial charge is 0.478 e. The molecule has 4 aromatic carbocycles. The molecule has 12 heteroatoms. The van der Waals surface area contributed by atoms with E-state index >= 15 is 9.59 Å². The molecule has 1 aromatic heterocycles. The molecule has 58 heavy (non-hydrogen) atoms. The lowest BCUT2D eigenvalue weighted by Crippen LogP contribution is -2.44. The van der Waals surface area contributed by atoms with Crippen LogP contribution in [0.2, 0.25) is 0 Å². The van der Waals surface area contributed by atoms with Crippen molar-refractivity contribution < 1.29 is 33.4 Å². The summed E-state index contributed by atoms with van der Waals surface area (Å²) in [5, 5.41) is 2.55. The molecule has 300 valence electrons. The smallest absolute Gasteiger partial charge is 0.414 e. The van der Waals surface area contributed by atoms with Gasteiger partial charge in [0.25, 0.3) is 11.8 Å². The molecule has 0 saturated heterocycles. The van der Waals surface area contributed by atoms with Gasteiger partial charge in [-0.3, -0.25) is 19.7 Å². The van der Waals surface area contributed by atoms with E-state index in [4.69, 9.17) is 14.2 Å². The number of carbonyl (C=O) groups excluding carboxylic acids is 4. The van der Waals surface area contributed by atoms with Crippen LogP contribution in [0.15, 0.2) is 115 Å². The van der Waals surface area contributed by atoms with Gasteiger partial charge < -0.3 is 24.0 Å². The van der Waals surface area contributed by atoms with Gasteiger partial charge in [-0.05, 0) is 81.8 Å². The number of aryl methyl sites for hydroxylation is 2. The van der Waals surface area contributed by atoms with E-state index in [1.54, 1.807) is 50.5 Å². The highest BCUT2D eigenvalue weighted by Crippen LogP contribution is 2.42. The summed E-state index contributed by atoms with van der Waals surface area (Å²) in [5.41, 5.74) is 3.82. The Bertz CT molecular complexity index is 2210. The van der Waals surface area contributed by atoms with Crippen molar-refractivity contribution in [3.05, 3.63) is 149 Å². The Morgan fingerprint density at radius 2 is 1.52 bits per heavy atom. The van der Waals surface area contributed by atoms with Crippen molar-refractivity contribution >= 4 is 35.5 Å². The quantitative estimate of drug-likeness (QED) is 0.0867. The predicted molar refractivity (Wildman–Crippen MR) is 220 cm³/mol. The molecule has 0 aliphatic carbocycles. The summed E-state index contributed by atoms with van der Waals surface area (Å²) in [5.74, 6) is -0.797. The summed E-state index contributed by atoms with van der Waals surface area (Å²) in [6.07, 6.45) is 0.273. The summed E-state index contributed by atoms with van der Waals surface area (Å²) in [6, 6.07) is 33.6. The number of nitrogens with zero attached hydrogens (tertiary/aromatic N) is 4. The number of carbonyl (C=O) groups is 4. The van der Waals surface area contributed by atoms with Crippen molar-refractivity contribution in [1.29, 1.82) is 0 Å². The van der Waals surface area contributed by atoms with Gasteiger partial charge in [0.05, 0.1) is 43.5 Å². The lowest BCUT2D eigenvalue weighted by atomic mass is 9.95. The van der Waals surface area contributed by atoms with Crippen LogP contribution in [0.5, 0.6) is 5.88 Å². The zero-order valence-electron chi connectivity index (χ0n) is 33.5. The first-order valence-corrected chi connectivity index (χ1v) is 19.4. The number of nitrogens with one attached hydrogen (secondary N) is 1. The first-order valence-electron chi connectivity index (χ1n) is 19.4. The highest BCUT2D eigenvalue weighted by molar-refractivity contribution is 6.11. The third-order valence-corrected chi connectivity index (χ3v) is 9.38. The van der Waals surface area contributed by atoms with Crippen LogP contribution in [0.25, 0.3) is 0 Å². The highest BCUT2D eigenvalue weighted by Gasteiger charge is 2.44. The standard InChI is InChI=1S/C46H49N5O7/c1-6-56-40(52)29-38(34-20-12-8-13-21-34)51-41(35-22-14-9-15-23-35)43(54)50(30-33-17-10-7-11-18-33)37-25-24-32(28-36(37)42(51)53)19-16-26-57-39-27-31(2)47-44(48-39)49-45(55)58-46(3,4)5/h7-15,17-18,20-25,27-28,38,41H,6,16,19,26,29-30H2,1-5H3,(H,47,48,49,55). The molecule has 1 aliphatic heterocycles. The van der Waals surface area contributed by atoms with Crippen LogP contribution in [0, 0.1) is 6.92 Å². The molecule has 1 aliphatic rings. The van der Waals surface area contributed by atoms with E-state index in [-0.39, 0.29) is 43.9 Å². The lowest BCUT2D eigenvalue weighted by molar-refractivity contribution is -0.145. The second-order valence-electron chi connectivity index (χ2n) is 15.0. The molecule has 2 atom stereocenters. The van der Waals surface area contributed by atoms with E-state index in [1.807, 2.05) is 109 Å². The third kappa shape index (κ3) is 10.4. The van der Waals surface area contributed by atoms with Gasteiger partial charge in [0, 0.05) is 11.8 Å². The zero-order valence-corrected chi connectivity index (χ0v) is 33.5. The van der Waals surface area contributed by atoms with Gasteiger partial charge in [-0.25, -0.2) is 9.78 Å². The van der Waals surface area contributed by atoms with Crippen molar-refractivity contribution in [2.45, 2.75) is 78.1 Å². The zero-order chi connectivity index (χ0) is 41.2. The topological polar surface area (TPSA) is 140 Å². The molecule has 1 N–H and O–H groups in total. The van der Waals surface area contributed by atoms with Crippen molar-refractivity contribution in [2.24, 2.45) is 0 Å². The Morgan fingerprint density at radius 1 is 0.845 bits per heavy atom. The van der Waals surface area contributed by atoms with Crippen molar-refractivity contribution in [1.82, 2.24) is 14.9 Å². The fourth-order valence-electron chi connectivity index (χ4n) is 6.92. The van der Waals surface area contributed by atoms with Crippen LogP contribution in [-0.2, 0) is 32.0 Å². The fourth-order valence-corrected chi connectivity index (χ4v) is 6.92. The monoisotopic (exact) mass is 783 g/mol. The fraction of sp³-hybridized carbons (Fsp3) is 0.304. The number of anilines is 2. The van der Waals surface area contributed by atoms with E-state index < -0.39 is 29.7 Å². The molecule has 12 nitrogen and oxygen atoms in total. The molecular formula is C46H49N5O7. The van der Waals surface area contributed by atoms with E-state index in [9.17, 15) is 9.59 Å². The number of ether oxygens (including phenoxy) is 3. The Kier molecular flexibility index (Phi) is 13.2. The van der Waals surface area contributed by atoms with Crippen molar-refractivity contribution in [3.8, 4) is 5.88 Å². The molecule has 6 rings (SSSR count). The number of amides is 3. The maximum absolute atomic E-state index is 15.3. The van der Waals surface area contributed by atoms with Crippen molar-refractivity contribution in [2.75, 3.05) is 23.4 Å². The predicted octanol–water partition coefficient (Wildman–Crippen LogP) is 8.57. The normalized spacial score (nSPS) is 14.6. The van der Waals surface area contributed by atoms with Gasteiger partial charge >= 0.3 is 12.1 Å². The van der Waals surface area contributed by atoms with Crippen LogP contribution in [-0.4, -0.2) is 57.6 Å². The van der Waals surface area contributed by atoms with Gasteiger partial charge in [0.15, 0.2) is 0 Å². The molecule has 3 amide bonds. The minimum absolute atomic E-state index is 0.0678. The van der Waals surface area contributed by atoms with Crippen LogP contribution in [0.3, 0.4) is 0 Å². The summed E-state index contributed by atoms with van der Waals surface area (Å²) < 4.78 is 16.7.